The van der Waals surface area contributed by atoms with E-state index in [1.807, 2.05) is 0 Å². The monoisotopic (exact) mass is 319 g/mol. The first kappa shape index (κ1) is 16.0. The number of aromatic hydroxyl groups is 1. The Morgan fingerprint density at radius 2 is 1.70 bits per heavy atom. The first-order valence-corrected chi connectivity index (χ1v) is 6.45. The molecule has 0 heterocycles. The number of nitrogens with one attached hydrogen (secondary N) is 1. The number of nitrogens with zero attached hydrogens (tertiary/aromatic N) is 2. The van der Waals surface area contributed by atoms with Crippen molar-refractivity contribution < 1.29 is 19.7 Å². The lowest BCUT2D eigenvalue weighted by atomic mass is 10.1. The minimum atomic E-state index is -0.573. The minimum absolute atomic E-state index is 0.0328. The van der Waals surface area contributed by atoms with Crippen LogP contribution in [0.2, 0.25) is 0 Å². The second-order valence-corrected chi connectivity index (χ2v) is 4.57. The van der Waals surface area contributed by atoms with Crippen LogP contribution in [0, 0.1) is 20.2 Å². The predicted molar refractivity (Wildman–Crippen MR) is 81.7 cm³/mol. The van der Waals surface area contributed by atoms with Gasteiger partial charge in [0.1, 0.15) is 11.5 Å². The van der Waals surface area contributed by atoms with Crippen molar-refractivity contribution in [3.8, 4) is 11.5 Å². The van der Waals surface area contributed by atoms with Crippen molar-refractivity contribution in [3.63, 3.8) is 0 Å². The van der Waals surface area contributed by atoms with Crippen molar-refractivity contribution in [2.45, 2.75) is 6.54 Å². The second-order valence-electron chi connectivity index (χ2n) is 4.57. The standard InChI is InChI=1S/C14H13N3O6/c1-23-14-5-3-11(17(21)22)7-12(14)15-8-9-6-10(16(19)20)2-4-13(9)18/h2-7,15,18H,8H2,1H3. The number of nitro groups is 2. The van der Waals surface area contributed by atoms with Crippen LogP contribution in [0.3, 0.4) is 0 Å². The summed E-state index contributed by atoms with van der Waals surface area (Å²) in [5.41, 5.74) is 0.336. The SMILES string of the molecule is COc1ccc([N+](=O)[O-])cc1NCc1cc([N+](=O)[O-])ccc1O. The largest absolute Gasteiger partial charge is 0.508 e. The van der Waals surface area contributed by atoms with Crippen LogP contribution in [0.5, 0.6) is 11.5 Å². The van der Waals surface area contributed by atoms with Gasteiger partial charge in [0, 0.05) is 36.4 Å². The van der Waals surface area contributed by atoms with Crippen LogP contribution in [-0.4, -0.2) is 22.1 Å². The molecular weight excluding hydrogens is 306 g/mol. The highest BCUT2D eigenvalue weighted by Gasteiger charge is 2.13. The van der Waals surface area contributed by atoms with Crippen LogP contribution in [0.25, 0.3) is 0 Å². The van der Waals surface area contributed by atoms with Gasteiger partial charge in [0.15, 0.2) is 0 Å². The summed E-state index contributed by atoms with van der Waals surface area (Å²) in [5, 5.41) is 34.2. The Labute approximate surface area is 130 Å². The molecule has 0 aromatic heterocycles. The molecule has 0 bridgehead atoms. The number of phenolic OH excluding ortho intramolecular Hbond substituents is 1. The Kier molecular flexibility index (Phi) is 4.60. The van der Waals surface area contributed by atoms with Crippen molar-refractivity contribution >= 4 is 17.1 Å². The van der Waals surface area contributed by atoms with Gasteiger partial charge in [-0.3, -0.25) is 20.2 Å². The number of anilines is 1. The highest BCUT2D eigenvalue weighted by molar-refractivity contribution is 5.62. The Morgan fingerprint density at radius 1 is 1.09 bits per heavy atom. The van der Waals surface area contributed by atoms with Crippen LogP contribution in [0.1, 0.15) is 5.56 Å². The van der Waals surface area contributed by atoms with E-state index in [9.17, 15) is 25.3 Å². The quantitative estimate of drug-likeness (QED) is 0.618. The normalized spacial score (nSPS) is 10.1. The van der Waals surface area contributed by atoms with Gasteiger partial charge in [-0.1, -0.05) is 0 Å². The molecule has 2 aromatic rings. The summed E-state index contributed by atoms with van der Waals surface area (Å²) < 4.78 is 5.10. The second kappa shape index (κ2) is 6.60. The van der Waals surface area contributed by atoms with E-state index in [-0.39, 0.29) is 29.2 Å². The molecule has 0 amide bonds. The maximum Gasteiger partial charge on any atom is 0.271 e. The molecule has 2 aromatic carbocycles. The molecule has 0 radical (unpaired) electrons. The number of hydrogen-bond acceptors (Lipinski definition) is 7. The van der Waals surface area contributed by atoms with E-state index in [4.69, 9.17) is 4.74 Å². The zero-order chi connectivity index (χ0) is 17.0. The smallest absolute Gasteiger partial charge is 0.271 e. The summed E-state index contributed by atoms with van der Waals surface area (Å²) in [7, 11) is 1.41. The third-order valence-corrected chi connectivity index (χ3v) is 3.14. The summed E-state index contributed by atoms with van der Waals surface area (Å²) >= 11 is 0. The Bertz CT molecular complexity index is 762. The fourth-order valence-electron chi connectivity index (χ4n) is 1.97. The predicted octanol–water partition coefficient (Wildman–Crippen LogP) is 2.83. The topological polar surface area (TPSA) is 128 Å². The fourth-order valence-corrected chi connectivity index (χ4v) is 1.97. The molecule has 0 aliphatic carbocycles. The maximum atomic E-state index is 10.8. The molecule has 0 spiro atoms. The molecule has 0 saturated carbocycles. The highest BCUT2D eigenvalue weighted by atomic mass is 16.6. The Morgan fingerprint density at radius 3 is 2.30 bits per heavy atom. The number of ether oxygens (including phenoxy) is 1. The van der Waals surface area contributed by atoms with E-state index in [2.05, 4.69) is 5.32 Å². The van der Waals surface area contributed by atoms with Crippen molar-refractivity contribution in [1.82, 2.24) is 0 Å². The van der Waals surface area contributed by atoms with Gasteiger partial charge in [-0.25, -0.2) is 0 Å². The van der Waals surface area contributed by atoms with Gasteiger partial charge in [0.25, 0.3) is 11.4 Å². The molecule has 120 valence electrons. The first-order chi connectivity index (χ1) is 10.9. The van der Waals surface area contributed by atoms with Crippen LogP contribution in [-0.2, 0) is 6.54 Å². The lowest BCUT2D eigenvalue weighted by molar-refractivity contribution is -0.385. The Hall–Kier alpha value is -3.36. The lowest BCUT2D eigenvalue weighted by Gasteiger charge is -2.11. The molecule has 0 atom stereocenters. The van der Waals surface area contributed by atoms with E-state index in [1.54, 1.807) is 0 Å². The van der Waals surface area contributed by atoms with Crippen LogP contribution in [0.4, 0.5) is 17.1 Å². The van der Waals surface area contributed by atoms with Crippen molar-refractivity contribution in [2.75, 3.05) is 12.4 Å². The zero-order valence-corrected chi connectivity index (χ0v) is 12.1. The third kappa shape index (κ3) is 3.64. The molecule has 0 unspecified atom stereocenters. The van der Waals surface area contributed by atoms with Gasteiger partial charge in [0.2, 0.25) is 0 Å². The number of non-ortho nitro benzene ring substituents is 2. The number of benzene rings is 2. The van der Waals surface area contributed by atoms with E-state index in [1.165, 1.54) is 43.5 Å². The number of nitro benzene ring substituents is 2. The lowest BCUT2D eigenvalue weighted by Crippen LogP contribution is -2.03. The minimum Gasteiger partial charge on any atom is -0.508 e. The van der Waals surface area contributed by atoms with Gasteiger partial charge >= 0.3 is 0 Å². The summed E-state index contributed by atoms with van der Waals surface area (Å²) in [6, 6.07) is 7.66. The van der Waals surface area contributed by atoms with Crippen molar-refractivity contribution in [3.05, 3.63) is 62.2 Å². The van der Waals surface area contributed by atoms with Crippen LogP contribution >= 0.6 is 0 Å². The van der Waals surface area contributed by atoms with E-state index >= 15 is 0 Å². The number of rotatable bonds is 6. The molecule has 0 fully saturated rings. The maximum absolute atomic E-state index is 10.8. The van der Waals surface area contributed by atoms with E-state index < -0.39 is 9.85 Å². The van der Waals surface area contributed by atoms with Crippen LogP contribution < -0.4 is 10.1 Å². The molecule has 9 heteroatoms. The number of methoxy groups -OCH3 is 1. The van der Waals surface area contributed by atoms with Gasteiger partial charge in [-0.15, -0.1) is 0 Å². The van der Waals surface area contributed by atoms with E-state index in [0.29, 0.717) is 11.4 Å². The molecular formula is C14H13N3O6. The van der Waals surface area contributed by atoms with Gasteiger partial charge in [-0.2, -0.15) is 0 Å². The zero-order valence-electron chi connectivity index (χ0n) is 12.1. The average Bonchev–Trinajstić information content (AvgIpc) is 2.53. The first-order valence-electron chi connectivity index (χ1n) is 6.45. The summed E-state index contributed by atoms with van der Waals surface area (Å²) in [5.74, 6) is 0.257. The Balaban J connectivity index is 2.26. The number of phenols is 1. The van der Waals surface area contributed by atoms with Gasteiger partial charge in [0.05, 0.1) is 22.6 Å². The van der Waals surface area contributed by atoms with Gasteiger partial charge < -0.3 is 15.2 Å². The third-order valence-electron chi connectivity index (χ3n) is 3.14. The molecule has 0 saturated heterocycles. The highest BCUT2D eigenvalue weighted by Crippen LogP contribution is 2.30. The van der Waals surface area contributed by atoms with E-state index in [0.717, 1.165) is 0 Å². The molecule has 0 aliphatic heterocycles. The summed E-state index contributed by atoms with van der Waals surface area (Å²) in [6.07, 6.45) is 0. The fraction of sp³-hybridized carbons (Fsp3) is 0.143. The molecule has 9 nitrogen and oxygen atoms in total. The van der Waals surface area contributed by atoms with Gasteiger partial charge in [-0.05, 0) is 12.1 Å². The summed E-state index contributed by atoms with van der Waals surface area (Å²) in [4.78, 5) is 20.5. The summed E-state index contributed by atoms with van der Waals surface area (Å²) in [6.45, 7) is 0.0328. The molecule has 0 aliphatic rings. The van der Waals surface area contributed by atoms with Crippen LogP contribution in [0.15, 0.2) is 36.4 Å². The average molecular weight is 319 g/mol. The molecule has 2 rings (SSSR count). The van der Waals surface area contributed by atoms with Crippen molar-refractivity contribution in [2.24, 2.45) is 0 Å². The van der Waals surface area contributed by atoms with Crippen molar-refractivity contribution in [1.29, 1.82) is 0 Å². The molecule has 2 N–H and O–H groups in total. The molecule has 23 heavy (non-hydrogen) atoms. The number of hydrogen-bond donors (Lipinski definition) is 2.